The third-order valence-corrected chi connectivity index (χ3v) is 3.06. The minimum atomic E-state index is 0.0152. The molecule has 1 N–H and O–H groups in total. The lowest BCUT2D eigenvalue weighted by Crippen LogP contribution is -2.41. The van der Waals surface area contributed by atoms with E-state index in [2.05, 4.69) is 41.6 Å². The molecule has 0 spiro atoms. The number of hydrogen-bond donors (Lipinski definition) is 1. The molecule has 1 aliphatic heterocycles. The number of hydrogen-bond acceptors (Lipinski definition) is 2. The first-order valence-corrected chi connectivity index (χ1v) is 5.92. The van der Waals surface area contributed by atoms with Gasteiger partial charge in [-0.1, -0.05) is 60.7 Å². The van der Waals surface area contributed by atoms with E-state index in [1.807, 2.05) is 24.3 Å². The van der Waals surface area contributed by atoms with Gasteiger partial charge in [0.1, 0.15) is 0 Å². The summed E-state index contributed by atoms with van der Waals surface area (Å²) in [6.45, 7) is 0.865. The van der Waals surface area contributed by atoms with Gasteiger partial charge in [-0.2, -0.15) is 0 Å². The summed E-state index contributed by atoms with van der Waals surface area (Å²) in [5.74, 6) is 0. The monoisotopic (exact) mass is 223 g/mol. The van der Waals surface area contributed by atoms with Crippen molar-refractivity contribution in [1.29, 1.82) is 0 Å². The Morgan fingerprint density at radius 3 is 2.29 bits per heavy atom. The zero-order chi connectivity index (χ0) is 11.5. The lowest BCUT2D eigenvalue weighted by molar-refractivity contribution is 0.254. The molecule has 3 heteroatoms. The van der Waals surface area contributed by atoms with Crippen LogP contribution in [0.15, 0.2) is 60.7 Å². The van der Waals surface area contributed by atoms with Gasteiger partial charge < -0.3 is 9.88 Å². The molecule has 3 rings (SSSR count). The van der Waals surface area contributed by atoms with Crippen molar-refractivity contribution in [2.24, 2.45) is 0 Å². The molecule has 0 radical (unpaired) electrons. The fraction of sp³-hybridized carbons (Fsp3) is 0.143. The molecule has 2 nitrogen and oxygen atoms in total. The zero-order valence-electron chi connectivity index (χ0n) is 9.54. The molecule has 1 heterocycles. The number of benzene rings is 2. The molecular weight excluding hydrogens is 209 g/mol. The van der Waals surface area contributed by atoms with Crippen LogP contribution in [0.5, 0.6) is 0 Å². The highest BCUT2D eigenvalue weighted by Gasteiger charge is 2.31. The second-order valence-electron chi connectivity index (χ2n) is 4.23. The zero-order valence-corrected chi connectivity index (χ0v) is 9.54. The smallest absolute Gasteiger partial charge is 0.409 e. The molecule has 84 valence electrons. The summed E-state index contributed by atoms with van der Waals surface area (Å²) >= 11 is 0. The quantitative estimate of drug-likeness (QED) is 0.783. The van der Waals surface area contributed by atoms with Crippen LogP contribution in [0, 0.1) is 0 Å². The van der Waals surface area contributed by atoms with Gasteiger partial charge in [-0.15, -0.1) is 0 Å². The molecule has 1 saturated heterocycles. The van der Waals surface area contributed by atoms with E-state index in [1.165, 1.54) is 11.0 Å². The van der Waals surface area contributed by atoms with E-state index in [0.717, 1.165) is 6.54 Å². The Hall–Kier alpha value is -1.58. The lowest BCUT2D eigenvalue weighted by Gasteiger charge is -2.11. The first-order valence-electron chi connectivity index (χ1n) is 5.92. The van der Waals surface area contributed by atoms with Crippen molar-refractivity contribution in [1.82, 2.24) is 5.23 Å². The molecule has 1 fully saturated rings. The van der Waals surface area contributed by atoms with Crippen molar-refractivity contribution in [2.45, 2.75) is 6.10 Å². The van der Waals surface area contributed by atoms with Gasteiger partial charge in [-0.05, 0) is 11.0 Å². The van der Waals surface area contributed by atoms with Crippen LogP contribution in [0.4, 0.5) is 0 Å². The normalized spacial score (nSPS) is 19.5. The molecule has 17 heavy (non-hydrogen) atoms. The van der Waals surface area contributed by atoms with Crippen LogP contribution >= 0.6 is 0 Å². The van der Waals surface area contributed by atoms with E-state index < -0.39 is 0 Å². The van der Waals surface area contributed by atoms with Crippen LogP contribution in [0.25, 0.3) is 0 Å². The summed E-state index contributed by atoms with van der Waals surface area (Å²) in [5.41, 5.74) is 2.42. The Balaban J connectivity index is 1.75. The van der Waals surface area contributed by atoms with E-state index >= 15 is 0 Å². The van der Waals surface area contributed by atoms with Crippen LogP contribution in [-0.2, 0) is 4.65 Å². The average molecular weight is 223 g/mol. The molecule has 1 atom stereocenters. The van der Waals surface area contributed by atoms with Gasteiger partial charge in [0.15, 0.2) is 0 Å². The Bertz CT molecular complexity index is 429. The molecule has 0 aliphatic carbocycles. The van der Waals surface area contributed by atoms with Crippen LogP contribution in [-0.4, -0.2) is 13.6 Å². The van der Waals surface area contributed by atoms with Crippen molar-refractivity contribution < 1.29 is 4.65 Å². The summed E-state index contributed by atoms with van der Waals surface area (Å²) in [6, 6.07) is 20.6. The molecule has 2 aromatic rings. The topological polar surface area (TPSA) is 21.3 Å². The second-order valence-corrected chi connectivity index (χ2v) is 4.23. The van der Waals surface area contributed by atoms with Crippen LogP contribution < -0.4 is 10.7 Å². The van der Waals surface area contributed by atoms with E-state index in [-0.39, 0.29) is 13.2 Å². The van der Waals surface area contributed by atoms with E-state index in [4.69, 9.17) is 4.65 Å². The number of rotatable bonds is 2. The molecule has 2 aromatic carbocycles. The van der Waals surface area contributed by atoms with Crippen molar-refractivity contribution >= 4 is 12.5 Å². The fourth-order valence-corrected chi connectivity index (χ4v) is 2.16. The van der Waals surface area contributed by atoms with Gasteiger partial charge in [0, 0.05) is 6.54 Å². The van der Waals surface area contributed by atoms with Crippen molar-refractivity contribution in [3.63, 3.8) is 0 Å². The van der Waals surface area contributed by atoms with Gasteiger partial charge in [0.25, 0.3) is 0 Å². The van der Waals surface area contributed by atoms with Gasteiger partial charge in [-0.25, -0.2) is 0 Å². The molecule has 0 aromatic heterocycles. The van der Waals surface area contributed by atoms with E-state index in [0.29, 0.717) is 0 Å². The first-order chi connectivity index (χ1) is 8.43. The van der Waals surface area contributed by atoms with Gasteiger partial charge in [0.2, 0.25) is 0 Å². The predicted molar refractivity (Wildman–Crippen MR) is 70.1 cm³/mol. The minimum absolute atomic E-state index is 0.0152. The van der Waals surface area contributed by atoms with Gasteiger partial charge in [0.05, 0.1) is 6.10 Å². The Morgan fingerprint density at radius 2 is 1.59 bits per heavy atom. The second kappa shape index (κ2) is 4.74. The molecule has 1 unspecified atom stereocenters. The SMILES string of the molecule is c1ccc(B2NCC(c3ccccc3)O2)cc1. The molecule has 0 amide bonds. The van der Waals surface area contributed by atoms with Crippen LogP contribution in [0.3, 0.4) is 0 Å². The summed E-state index contributed by atoms with van der Waals surface area (Å²) in [6.07, 6.45) is 0.154. The Labute approximate surface area is 102 Å². The van der Waals surface area contributed by atoms with E-state index in [1.54, 1.807) is 0 Å². The van der Waals surface area contributed by atoms with Crippen molar-refractivity contribution in [2.75, 3.05) is 6.54 Å². The van der Waals surface area contributed by atoms with Crippen LogP contribution in [0.1, 0.15) is 11.7 Å². The molecule has 0 bridgehead atoms. The van der Waals surface area contributed by atoms with Gasteiger partial charge >= 0.3 is 7.05 Å². The van der Waals surface area contributed by atoms with E-state index in [9.17, 15) is 0 Å². The number of nitrogens with one attached hydrogen (secondary N) is 1. The maximum absolute atomic E-state index is 6.02. The highest BCUT2D eigenvalue weighted by molar-refractivity contribution is 6.65. The highest BCUT2D eigenvalue weighted by Crippen LogP contribution is 2.20. The third-order valence-electron chi connectivity index (χ3n) is 3.06. The summed E-state index contributed by atoms with van der Waals surface area (Å²) in [4.78, 5) is 0. The maximum atomic E-state index is 6.02. The summed E-state index contributed by atoms with van der Waals surface area (Å²) in [7, 11) is 0.0152. The van der Waals surface area contributed by atoms with Crippen molar-refractivity contribution in [3.8, 4) is 0 Å². The predicted octanol–water partition coefficient (Wildman–Crippen LogP) is 1.74. The fourth-order valence-electron chi connectivity index (χ4n) is 2.16. The van der Waals surface area contributed by atoms with Crippen LogP contribution in [0.2, 0.25) is 0 Å². The molecular formula is C14H14BNO. The minimum Gasteiger partial charge on any atom is -0.409 e. The Kier molecular flexibility index (Phi) is 2.95. The third kappa shape index (κ3) is 2.26. The maximum Gasteiger partial charge on any atom is 0.416 e. The largest absolute Gasteiger partial charge is 0.416 e. The first kappa shape index (κ1) is 10.6. The molecule has 1 aliphatic rings. The average Bonchev–Trinajstić information content (AvgIpc) is 2.90. The summed E-state index contributed by atoms with van der Waals surface area (Å²) in [5, 5.41) is 3.40. The van der Waals surface area contributed by atoms with Gasteiger partial charge in [-0.3, -0.25) is 0 Å². The summed E-state index contributed by atoms with van der Waals surface area (Å²) < 4.78 is 6.02. The van der Waals surface area contributed by atoms with Crippen molar-refractivity contribution in [3.05, 3.63) is 66.2 Å². The molecule has 0 saturated carbocycles. The Morgan fingerprint density at radius 1 is 0.941 bits per heavy atom. The lowest BCUT2D eigenvalue weighted by atomic mass is 9.75. The highest BCUT2D eigenvalue weighted by atomic mass is 16.5. The standard InChI is InChI=1S/C14H14BNO/c1-3-7-12(8-4-1)14-11-16-15(17-14)13-9-5-2-6-10-13/h1-10,14,16H,11H2.